The molecule has 0 bridgehead atoms. The zero-order valence-corrected chi connectivity index (χ0v) is 8.20. The predicted molar refractivity (Wildman–Crippen MR) is 51.5 cm³/mol. The van der Waals surface area contributed by atoms with Crippen LogP contribution in [0.25, 0.3) is 0 Å². The number of hydrogen-bond acceptors (Lipinski definition) is 0. The van der Waals surface area contributed by atoms with E-state index in [-0.39, 0.29) is 5.41 Å². The topological polar surface area (TPSA) is 15.8 Å². The second-order valence-electron chi connectivity index (χ2n) is 4.77. The van der Waals surface area contributed by atoms with Gasteiger partial charge in [0.2, 0.25) is 0 Å². The van der Waals surface area contributed by atoms with Crippen molar-refractivity contribution < 1.29 is 0 Å². The third-order valence-corrected chi connectivity index (χ3v) is 2.70. The third kappa shape index (κ3) is 1.08. The van der Waals surface area contributed by atoms with Crippen molar-refractivity contribution in [1.82, 2.24) is 4.98 Å². The Morgan fingerprint density at radius 1 is 1.25 bits per heavy atom. The SMILES string of the molecule is CC(C)(C)c1[nH]cc2c1CCC2. The zero-order chi connectivity index (χ0) is 8.77. The molecule has 1 aliphatic carbocycles. The summed E-state index contributed by atoms with van der Waals surface area (Å²) in [5.41, 5.74) is 4.90. The van der Waals surface area contributed by atoms with E-state index < -0.39 is 0 Å². The van der Waals surface area contributed by atoms with E-state index in [1.165, 1.54) is 25.0 Å². The van der Waals surface area contributed by atoms with E-state index in [0.717, 1.165) is 0 Å². The summed E-state index contributed by atoms with van der Waals surface area (Å²) < 4.78 is 0. The molecule has 0 radical (unpaired) electrons. The molecule has 1 heteroatoms. The van der Waals surface area contributed by atoms with Gasteiger partial charge in [0.15, 0.2) is 0 Å². The molecule has 66 valence electrons. The molecule has 0 aliphatic heterocycles. The molecular weight excluding hydrogens is 146 g/mol. The van der Waals surface area contributed by atoms with Gasteiger partial charge in [-0.25, -0.2) is 0 Å². The third-order valence-electron chi connectivity index (χ3n) is 2.70. The van der Waals surface area contributed by atoms with Gasteiger partial charge in [-0.05, 0) is 30.4 Å². The molecule has 12 heavy (non-hydrogen) atoms. The summed E-state index contributed by atoms with van der Waals surface area (Å²) in [4.78, 5) is 3.42. The summed E-state index contributed by atoms with van der Waals surface area (Å²) in [6.45, 7) is 6.83. The highest BCUT2D eigenvalue weighted by atomic mass is 14.7. The van der Waals surface area contributed by atoms with Gasteiger partial charge in [0.05, 0.1) is 0 Å². The Kier molecular flexibility index (Phi) is 1.57. The maximum atomic E-state index is 3.42. The maximum Gasteiger partial charge on any atom is 0.0237 e. The smallest absolute Gasteiger partial charge is 0.0237 e. The lowest BCUT2D eigenvalue weighted by molar-refractivity contribution is 0.565. The van der Waals surface area contributed by atoms with Crippen molar-refractivity contribution in [3.05, 3.63) is 23.0 Å². The molecule has 1 aromatic heterocycles. The molecule has 0 saturated carbocycles. The molecule has 0 fully saturated rings. The molecule has 0 spiro atoms. The maximum absolute atomic E-state index is 3.42. The lowest BCUT2D eigenvalue weighted by Gasteiger charge is -2.18. The van der Waals surface area contributed by atoms with Crippen molar-refractivity contribution in [1.29, 1.82) is 0 Å². The summed E-state index contributed by atoms with van der Waals surface area (Å²) in [5.74, 6) is 0. The average Bonchev–Trinajstić information content (AvgIpc) is 2.37. The fourth-order valence-corrected chi connectivity index (χ4v) is 2.13. The molecule has 1 aromatic rings. The predicted octanol–water partition coefficient (Wildman–Crippen LogP) is 2.80. The van der Waals surface area contributed by atoms with Crippen LogP contribution in [0.15, 0.2) is 6.20 Å². The molecular formula is C11H17N. The summed E-state index contributed by atoms with van der Waals surface area (Å²) >= 11 is 0. The first-order valence-corrected chi connectivity index (χ1v) is 4.78. The molecule has 0 amide bonds. The Morgan fingerprint density at radius 2 is 2.00 bits per heavy atom. The molecule has 0 aromatic carbocycles. The zero-order valence-electron chi connectivity index (χ0n) is 8.20. The fourth-order valence-electron chi connectivity index (χ4n) is 2.13. The highest BCUT2D eigenvalue weighted by Crippen LogP contribution is 2.32. The average molecular weight is 163 g/mol. The van der Waals surface area contributed by atoms with Crippen molar-refractivity contribution in [2.45, 2.75) is 45.4 Å². The Hall–Kier alpha value is -0.720. The van der Waals surface area contributed by atoms with Gasteiger partial charge in [-0.1, -0.05) is 20.8 Å². The van der Waals surface area contributed by atoms with Gasteiger partial charge >= 0.3 is 0 Å². The van der Waals surface area contributed by atoms with Gasteiger partial charge in [0.1, 0.15) is 0 Å². The Bertz CT molecular complexity index is 288. The number of nitrogens with one attached hydrogen (secondary N) is 1. The number of aryl methyl sites for hydroxylation is 1. The van der Waals surface area contributed by atoms with Gasteiger partial charge in [0.25, 0.3) is 0 Å². The number of aromatic nitrogens is 1. The van der Waals surface area contributed by atoms with Gasteiger partial charge in [-0.3, -0.25) is 0 Å². The van der Waals surface area contributed by atoms with Crippen molar-refractivity contribution in [3.8, 4) is 0 Å². The van der Waals surface area contributed by atoms with Crippen LogP contribution in [0.5, 0.6) is 0 Å². The lowest BCUT2D eigenvalue weighted by atomic mass is 9.89. The van der Waals surface area contributed by atoms with E-state index in [1.54, 1.807) is 11.1 Å². The van der Waals surface area contributed by atoms with Crippen LogP contribution in [-0.4, -0.2) is 4.98 Å². The Morgan fingerprint density at radius 3 is 2.67 bits per heavy atom. The van der Waals surface area contributed by atoms with Crippen LogP contribution < -0.4 is 0 Å². The van der Waals surface area contributed by atoms with Crippen molar-refractivity contribution in [2.24, 2.45) is 0 Å². The van der Waals surface area contributed by atoms with E-state index in [4.69, 9.17) is 0 Å². The summed E-state index contributed by atoms with van der Waals surface area (Å²) in [7, 11) is 0. The molecule has 1 aliphatic rings. The monoisotopic (exact) mass is 163 g/mol. The number of rotatable bonds is 0. The first-order chi connectivity index (χ1) is 5.59. The van der Waals surface area contributed by atoms with Gasteiger partial charge in [-0.2, -0.15) is 0 Å². The van der Waals surface area contributed by atoms with Crippen LogP contribution in [0, 0.1) is 0 Å². The Balaban J connectivity index is 2.46. The first-order valence-electron chi connectivity index (χ1n) is 4.78. The summed E-state index contributed by atoms with van der Waals surface area (Å²) in [6.07, 6.45) is 6.11. The minimum absolute atomic E-state index is 0.290. The fraction of sp³-hybridized carbons (Fsp3) is 0.636. The number of aromatic amines is 1. The Labute approximate surface area is 74.2 Å². The summed E-state index contributed by atoms with van der Waals surface area (Å²) in [5, 5.41) is 0. The van der Waals surface area contributed by atoms with E-state index in [1.807, 2.05) is 0 Å². The van der Waals surface area contributed by atoms with Crippen LogP contribution in [0.4, 0.5) is 0 Å². The standard InChI is InChI=1S/C11H17N/c1-11(2,3)10-9-6-4-5-8(9)7-12-10/h7,12H,4-6H2,1-3H3. The van der Waals surface area contributed by atoms with E-state index >= 15 is 0 Å². The number of fused-ring (bicyclic) bond motifs is 1. The molecule has 2 rings (SSSR count). The molecule has 1 nitrogen and oxygen atoms in total. The largest absolute Gasteiger partial charge is 0.364 e. The molecule has 0 atom stereocenters. The summed E-state index contributed by atoms with van der Waals surface area (Å²) in [6, 6.07) is 0. The highest BCUT2D eigenvalue weighted by Gasteiger charge is 2.24. The van der Waals surface area contributed by atoms with Crippen LogP contribution in [0.2, 0.25) is 0 Å². The van der Waals surface area contributed by atoms with E-state index in [9.17, 15) is 0 Å². The van der Waals surface area contributed by atoms with Crippen LogP contribution >= 0.6 is 0 Å². The second-order valence-corrected chi connectivity index (χ2v) is 4.77. The highest BCUT2D eigenvalue weighted by molar-refractivity contribution is 5.38. The van der Waals surface area contributed by atoms with Crippen LogP contribution in [0.1, 0.15) is 44.0 Å². The van der Waals surface area contributed by atoms with Crippen molar-refractivity contribution in [3.63, 3.8) is 0 Å². The lowest BCUT2D eigenvalue weighted by Crippen LogP contribution is -2.13. The minimum Gasteiger partial charge on any atom is -0.364 e. The van der Waals surface area contributed by atoms with E-state index in [0.29, 0.717) is 0 Å². The molecule has 1 N–H and O–H groups in total. The van der Waals surface area contributed by atoms with Crippen LogP contribution in [-0.2, 0) is 18.3 Å². The first kappa shape index (κ1) is 7.90. The number of H-pyrrole nitrogens is 1. The van der Waals surface area contributed by atoms with Gasteiger partial charge < -0.3 is 4.98 Å². The number of hydrogen-bond donors (Lipinski definition) is 1. The van der Waals surface area contributed by atoms with Gasteiger partial charge in [-0.15, -0.1) is 0 Å². The molecule has 0 unspecified atom stereocenters. The normalized spacial score (nSPS) is 16.6. The van der Waals surface area contributed by atoms with Crippen LogP contribution in [0.3, 0.4) is 0 Å². The van der Waals surface area contributed by atoms with Gasteiger partial charge in [0, 0.05) is 17.3 Å². The van der Waals surface area contributed by atoms with E-state index in [2.05, 4.69) is 32.0 Å². The molecule has 0 saturated heterocycles. The minimum atomic E-state index is 0.290. The van der Waals surface area contributed by atoms with Crippen molar-refractivity contribution >= 4 is 0 Å². The quantitative estimate of drug-likeness (QED) is 0.605. The second kappa shape index (κ2) is 2.38. The van der Waals surface area contributed by atoms with Crippen molar-refractivity contribution in [2.75, 3.05) is 0 Å². The molecule has 1 heterocycles.